The summed E-state index contributed by atoms with van der Waals surface area (Å²) in [5, 5.41) is 5.56. The summed E-state index contributed by atoms with van der Waals surface area (Å²) >= 11 is 0. The summed E-state index contributed by atoms with van der Waals surface area (Å²) in [6.07, 6.45) is 0.165. The van der Waals surface area contributed by atoms with Gasteiger partial charge in [0, 0.05) is 17.7 Å². The maximum atomic E-state index is 13.7. The molecule has 1 atom stereocenters. The third kappa shape index (κ3) is 4.83. The zero-order chi connectivity index (χ0) is 22.5. The van der Waals surface area contributed by atoms with Crippen molar-refractivity contribution < 1.29 is 18.8 Å². The molecule has 0 saturated carbocycles. The Hall–Kier alpha value is -4.00. The standard InChI is InChI=1S/C25H22FN3O3/c26-21-12-5-4-10-20(21)15-27-24(31)19-11-6-7-17(13-19)16-29-23(30)14-22(28-25(29)32)18-8-2-1-3-9-18/h1-13,22H,14-16H2,(H,27,31)(H,28,32). The topological polar surface area (TPSA) is 78.5 Å². The number of imide groups is 1. The first kappa shape index (κ1) is 21.2. The van der Waals surface area contributed by atoms with Crippen LogP contribution in [0.5, 0.6) is 0 Å². The lowest BCUT2D eigenvalue weighted by atomic mass is 10.0. The number of nitrogens with one attached hydrogen (secondary N) is 2. The fraction of sp³-hybridized carbons (Fsp3) is 0.160. The van der Waals surface area contributed by atoms with Crippen molar-refractivity contribution in [3.8, 4) is 0 Å². The minimum Gasteiger partial charge on any atom is -0.348 e. The molecule has 162 valence electrons. The van der Waals surface area contributed by atoms with E-state index in [0.717, 1.165) is 10.5 Å². The van der Waals surface area contributed by atoms with Crippen molar-refractivity contribution in [1.82, 2.24) is 15.5 Å². The second-order valence-corrected chi connectivity index (χ2v) is 7.57. The third-order valence-corrected chi connectivity index (χ3v) is 5.35. The summed E-state index contributed by atoms with van der Waals surface area (Å²) in [5.41, 5.74) is 2.28. The lowest BCUT2D eigenvalue weighted by molar-refractivity contribution is -0.130. The van der Waals surface area contributed by atoms with Gasteiger partial charge in [-0.05, 0) is 29.3 Å². The van der Waals surface area contributed by atoms with E-state index < -0.39 is 6.03 Å². The fourth-order valence-corrected chi connectivity index (χ4v) is 3.64. The van der Waals surface area contributed by atoms with Crippen LogP contribution in [0.4, 0.5) is 9.18 Å². The lowest BCUT2D eigenvalue weighted by Crippen LogP contribution is -2.50. The average molecular weight is 431 g/mol. The van der Waals surface area contributed by atoms with Crippen LogP contribution in [0.25, 0.3) is 0 Å². The lowest BCUT2D eigenvalue weighted by Gasteiger charge is -2.31. The van der Waals surface area contributed by atoms with Crippen molar-refractivity contribution in [3.63, 3.8) is 0 Å². The largest absolute Gasteiger partial charge is 0.348 e. The number of nitrogens with zero attached hydrogens (tertiary/aromatic N) is 1. The molecule has 3 aromatic carbocycles. The van der Waals surface area contributed by atoms with Crippen LogP contribution in [0, 0.1) is 5.82 Å². The second-order valence-electron chi connectivity index (χ2n) is 7.57. The molecule has 1 saturated heterocycles. The average Bonchev–Trinajstić information content (AvgIpc) is 2.81. The quantitative estimate of drug-likeness (QED) is 0.621. The Balaban J connectivity index is 1.40. The minimum absolute atomic E-state index is 0.0562. The molecule has 4 rings (SSSR count). The molecule has 0 radical (unpaired) electrons. The monoisotopic (exact) mass is 431 g/mol. The molecule has 0 aliphatic carbocycles. The van der Waals surface area contributed by atoms with E-state index in [1.807, 2.05) is 30.3 Å². The van der Waals surface area contributed by atoms with Crippen LogP contribution in [0.1, 0.15) is 39.5 Å². The zero-order valence-corrected chi connectivity index (χ0v) is 17.3. The highest BCUT2D eigenvalue weighted by Gasteiger charge is 2.32. The van der Waals surface area contributed by atoms with Crippen LogP contribution in [-0.2, 0) is 17.9 Å². The molecular formula is C25H22FN3O3. The van der Waals surface area contributed by atoms with Gasteiger partial charge in [-0.15, -0.1) is 0 Å². The summed E-state index contributed by atoms with van der Waals surface area (Å²) in [6.45, 7) is 0.115. The van der Waals surface area contributed by atoms with Crippen molar-refractivity contribution in [3.05, 3.63) is 107 Å². The number of hydrogen-bond donors (Lipinski definition) is 2. The Labute approximate surface area is 185 Å². The second kappa shape index (κ2) is 9.43. The number of hydrogen-bond acceptors (Lipinski definition) is 3. The highest BCUT2D eigenvalue weighted by atomic mass is 19.1. The number of urea groups is 1. The molecule has 0 spiro atoms. The minimum atomic E-state index is -0.468. The highest BCUT2D eigenvalue weighted by molar-refractivity contribution is 5.97. The number of benzene rings is 3. The zero-order valence-electron chi connectivity index (χ0n) is 17.3. The molecule has 1 fully saturated rings. The van der Waals surface area contributed by atoms with Gasteiger partial charge in [0.2, 0.25) is 5.91 Å². The number of carbonyl (C=O) groups is 3. The van der Waals surface area contributed by atoms with Crippen LogP contribution < -0.4 is 10.6 Å². The smallest absolute Gasteiger partial charge is 0.324 e. The van der Waals surface area contributed by atoms with Crippen LogP contribution in [-0.4, -0.2) is 22.7 Å². The van der Waals surface area contributed by atoms with Crippen molar-refractivity contribution in [2.45, 2.75) is 25.6 Å². The van der Waals surface area contributed by atoms with Crippen LogP contribution in [0.15, 0.2) is 78.9 Å². The molecule has 1 heterocycles. The Morgan fingerprint density at radius 2 is 1.75 bits per heavy atom. The fourth-order valence-electron chi connectivity index (χ4n) is 3.64. The summed E-state index contributed by atoms with van der Waals surface area (Å²) in [5.74, 6) is -1.03. The van der Waals surface area contributed by atoms with Crippen molar-refractivity contribution in [2.75, 3.05) is 0 Å². The Morgan fingerprint density at radius 3 is 2.50 bits per heavy atom. The van der Waals surface area contributed by atoms with E-state index in [9.17, 15) is 18.8 Å². The molecular weight excluding hydrogens is 409 g/mol. The predicted molar refractivity (Wildman–Crippen MR) is 117 cm³/mol. The third-order valence-electron chi connectivity index (χ3n) is 5.35. The number of carbonyl (C=O) groups excluding carboxylic acids is 3. The van der Waals surface area contributed by atoms with E-state index in [4.69, 9.17) is 0 Å². The van der Waals surface area contributed by atoms with Gasteiger partial charge in [0.05, 0.1) is 19.0 Å². The van der Waals surface area contributed by atoms with Gasteiger partial charge in [0.25, 0.3) is 5.91 Å². The molecule has 1 unspecified atom stereocenters. The summed E-state index contributed by atoms with van der Waals surface area (Å²) in [7, 11) is 0. The van der Waals surface area contributed by atoms with E-state index >= 15 is 0 Å². The van der Waals surface area contributed by atoms with Gasteiger partial charge in [-0.25, -0.2) is 9.18 Å². The van der Waals surface area contributed by atoms with Gasteiger partial charge in [-0.3, -0.25) is 14.5 Å². The van der Waals surface area contributed by atoms with Crippen LogP contribution >= 0.6 is 0 Å². The Morgan fingerprint density at radius 1 is 1.00 bits per heavy atom. The first-order valence-electron chi connectivity index (χ1n) is 10.3. The molecule has 7 heteroatoms. The molecule has 32 heavy (non-hydrogen) atoms. The predicted octanol–water partition coefficient (Wildman–Crippen LogP) is 3.94. The molecule has 3 aromatic rings. The van der Waals surface area contributed by atoms with Crippen LogP contribution in [0.2, 0.25) is 0 Å². The van der Waals surface area contributed by atoms with E-state index in [0.29, 0.717) is 16.7 Å². The van der Waals surface area contributed by atoms with E-state index in [-0.39, 0.29) is 43.2 Å². The number of amides is 4. The van der Waals surface area contributed by atoms with E-state index in [2.05, 4.69) is 10.6 Å². The number of rotatable bonds is 6. The summed E-state index contributed by atoms with van der Waals surface area (Å²) in [6, 6.07) is 21.4. The maximum Gasteiger partial charge on any atom is 0.324 e. The van der Waals surface area contributed by atoms with Crippen LogP contribution in [0.3, 0.4) is 0 Å². The van der Waals surface area contributed by atoms with E-state index in [1.54, 1.807) is 42.5 Å². The first-order valence-corrected chi connectivity index (χ1v) is 10.3. The van der Waals surface area contributed by atoms with Gasteiger partial charge < -0.3 is 10.6 Å². The Kier molecular flexibility index (Phi) is 6.26. The van der Waals surface area contributed by atoms with Crippen molar-refractivity contribution in [1.29, 1.82) is 0 Å². The molecule has 2 N–H and O–H groups in total. The van der Waals surface area contributed by atoms with Gasteiger partial charge in [-0.2, -0.15) is 0 Å². The first-order chi connectivity index (χ1) is 15.5. The van der Waals surface area contributed by atoms with Gasteiger partial charge in [-0.1, -0.05) is 60.7 Å². The summed E-state index contributed by atoms with van der Waals surface area (Å²) < 4.78 is 13.7. The molecule has 1 aliphatic rings. The molecule has 0 aromatic heterocycles. The molecule has 6 nitrogen and oxygen atoms in total. The normalized spacial score (nSPS) is 15.9. The molecule has 1 aliphatic heterocycles. The van der Waals surface area contributed by atoms with Crippen molar-refractivity contribution >= 4 is 17.8 Å². The SMILES string of the molecule is O=C(NCc1ccccc1F)c1cccc(CN2C(=O)CC(c3ccccc3)NC2=O)c1. The van der Waals surface area contributed by atoms with Gasteiger partial charge in [0.15, 0.2) is 0 Å². The maximum absolute atomic E-state index is 13.7. The van der Waals surface area contributed by atoms with Crippen molar-refractivity contribution in [2.24, 2.45) is 0 Å². The molecule has 0 bridgehead atoms. The summed E-state index contributed by atoms with van der Waals surface area (Å²) in [4.78, 5) is 38.9. The van der Waals surface area contributed by atoms with E-state index in [1.165, 1.54) is 6.07 Å². The number of halogens is 1. The highest BCUT2D eigenvalue weighted by Crippen LogP contribution is 2.23. The van der Waals surface area contributed by atoms with Gasteiger partial charge in [0.1, 0.15) is 5.82 Å². The van der Waals surface area contributed by atoms with Gasteiger partial charge >= 0.3 is 6.03 Å². The Bertz CT molecular complexity index is 1130. The molecule has 4 amide bonds.